The van der Waals surface area contributed by atoms with Gasteiger partial charge in [-0.1, -0.05) is 0 Å². The second-order valence-corrected chi connectivity index (χ2v) is 5.11. The Morgan fingerprint density at radius 1 is 1.31 bits per heavy atom. The summed E-state index contributed by atoms with van der Waals surface area (Å²) >= 11 is 1.78. The minimum absolute atomic E-state index is 0.304. The van der Waals surface area contributed by atoms with Gasteiger partial charge in [0.15, 0.2) is 0 Å². The molecule has 0 saturated heterocycles. The normalized spacial score (nSPS) is 15.1. The van der Waals surface area contributed by atoms with Gasteiger partial charge in [0.1, 0.15) is 0 Å². The zero-order valence-corrected chi connectivity index (χ0v) is 9.72. The van der Waals surface area contributed by atoms with Gasteiger partial charge in [0.05, 0.1) is 11.4 Å². The second-order valence-electron chi connectivity index (χ2n) is 3.97. The fourth-order valence-corrected chi connectivity index (χ4v) is 3.21. The molecule has 0 saturated carbocycles. The molecule has 2 aromatic heterocycles. The molecule has 1 aliphatic carbocycles. The molecule has 4 nitrogen and oxygen atoms in total. The van der Waals surface area contributed by atoms with Gasteiger partial charge in [-0.15, -0.1) is 21.5 Å². The highest BCUT2D eigenvalue weighted by Crippen LogP contribution is 2.34. The summed E-state index contributed by atoms with van der Waals surface area (Å²) in [7, 11) is 0. The molecule has 1 aliphatic rings. The molecule has 2 aromatic rings. The van der Waals surface area contributed by atoms with Gasteiger partial charge in [0.25, 0.3) is 5.89 Å². The van der Waals surface area contributed by atoms with Gasteiger partial charge in [-0.05, 0) is 37.3 Å². The molecule has 0 aliphatic heterocycles. The van der Waals surface area contributed by atoms with Crippen LogP contribution in [0.4, 0.5) is 0 Å². The van der Waals surface area contributed by atoms with E-state index in [1.54, 1.807) is 11.3 Å². The van der Waals surface area contributed by atoms with Crippen molar-refractivity contribution in [3.63, 3.8) is 0 Å². The Labute approximate surface area is 97.5 Å². The third kappa shape index (κ3) is 1.66. The Hall–Kier alpha value is -1.20. The summed E-state index contributed by atoms with van der Waals surface area (Å²) in [6.07, 6.45) is 4.97. The van der Waals surface area contributed by atoms with Crippen LogP contribution in [0.5, 0.6) is 0 Å². The van der Waals surface area contributed by atoms with Crippen LogP contribution in [0.1, 0.15) is 29.2 Å². The largest absolute Gasteiger partial charge is 0.419 e. The number of aryl methyl sites for hydroxylation is 2. The molecule has 0 aromatic carbocycles. The molecule has 5 heteroatoms. The van der Waals surface area contributed by atoms with E-state index < -0.39 is 0 Å². The van der Waals surface area contributed by atoms with Crippen molar-refractivity contribution >= 4 is 11.3 Å². The molecule has 0 radical (unpaired) electrons. The van der Waals surface area contributed by atoms with Crippen molar-refractivity contribution in [1.29, 1.82) is 0 Å². The van der Waals surface area contributed by atoms with E-state index in [-0.39, 0.29) is 0 Å². The highest BCUT2D eigenvalue weighted by molar-refractivity contribution is 7.15. The zero-order valence-electron chi connectivity index (χ0n) is 8.90. The van der Waals surface area contributed by atoms with E-state index >= 15 is 0 Å². The fourth-order valence-electron chi connectivity index (χ4n) is 2.03. The van der Waals surface area contributed by atoms with Crippen molar-refractivity contribution in [3.8, 4) is 10.8 Å². The summed E-state index contributed by atoms with van der Waals surface area (Å²) in [6, 6.07) is 2.19. The molecule has 84 valence electrons. The molecule has 0 amide bonds. The Kier molecular flexibility index (Phi) is 2.49. The Morgan fingerprint density at radius 3 is 2.94 bits per heavy atom. The number of nitrogens with two attached hydrogens (primary N) is 1. The van der Waals surface area contributed by atoms with E-state index in [1.165, 1.54) is 36.1 Å². The molecule has 0 fully saturated rings. The summed E-state index contributed by atoms with van der Waals surface area (Å²) in [5.74, 6) is 1.11. The number of aromatic nitrogens is 2. The second kappa shape index (κ2) is 3.99. The van der Waals surface area contributed by atoms with Crippen LogP contribution in [0.15, 0.2) is 10.5 Å². The van der Waals surface area contributed by atoms with Crippen LogP contribution in [0.3, 0.4) is 0 Å². The lowest BCUT2D eigenvalue weighted by molar-refractivity contribution is 0.509. The standard InChI is InChI=1S/C11H13N3OS/c12-6-10-13-14-11(15-10)9-5-7-3-1-2-4-8(7)16-9/h5H,1-4,6,12H2. The topological polar surface area (TPSA) is 64.9 Å². The quantitative estimate of drug-likeness (QED) is 0.866. The maximum atomic E-state index is 5.46. The lowest BCUT2D eigenvalue weighted by atomic mass is 9.99. The molecular weight excluding hydrogens is 222 g/mol. The first kappa shape index (κ1) is 9.99. The van der Waals surface area contributed by atoms with Crippen LogP contribution in [-0.2, 0) is 19.4 Å². The van der Waals surface area contributed by atoms with Gasteiger partial charge < -0.3 is 10.2 Å². The molecule has 16 heavy (non-hydrogen) atoms. The predicted molar refractivity (Wildman–Crippen MR) is 62.1 cm³/mol. The van der Waals surface area contributed by atoms with Crippen LogP contribution in [0.2, 0.25) is 0 Å². The van der Waals surface area contributed by atoms with Gasteiger partial charge in [0.2, 0.25) is 5.89 Å². The number of hydrogen-bond donors (Lipinski definition) is 1. The Balaban J connectivity index is 1.96. The molecule has 0 spiro atoms. The molecule has 0 atom stereocenters. The van der Waals surface area contributed by atoms with E-state index in [2.05, 4.69) is 16.3 Å². The van der Waals surface area contributed by atoms with E-state index in [0.717, 1.165) is 4.88 Å². The van der Waals surface area contributed by atoms with Crippen molar-refractivity contribution < 1.29 is 4.42 Å². The van der Waals surface area contributed by atoms with Crippen molar-refractivity contribution in [2.24, 2.45) is 5.73 Å². The van der Waals surface area contributed by atoms with E-state index in [9.17, 15) is 0 Å². The summed E-state index contributed by atoms with van der Waals surface area (Å²) < 4.78 is 5.46. The van der Waals surface area contributed by atoms with Gasteiger partial charge in [0, 0.05) is 4.88 Å². The van der Waals surface area contributed by atoms with Crippen LogP contribution < -0.4 is 5.73 Å². The third-order valence-electron chi connectivity index (χ3n) is 2.85. The minimum atomic E-state index is 0.304. The molecule has 0 bridgehead atoms. The van der Waals surface area contributed by atoms with E-state index in [0.29, 0.717) is 18.3 Å². The van der Waals surface area contributed by atoms with Crippen molar-refractivity contribution in [1.82, 2.24) is 10.2 Å². The average molecular weight is 235 g/mol. The molecular formula is C11H13N3OS. The molecule has 0 unspecified atom stereocenters. The Morgan fingerprint density at radius 2 is 2.19 bits per heavy atom. The first-order chi connectivity index (χ1) is 7.86. The van der Waals surface area contributed by atoms with Gasteiger partial charge in [-0.3, -0.25) is 0 Å². The van der Waals surface area contributed by atoms with Crippen LogP contribution >= 0.6 is 11.3 Å². The maximum Gasteiger partial charge on any atom is 0.257 e. The van der Waals surface area contributed by atoms with Crippen molar-refractivity contribution in [2.45, 2.75) is 32.2 Å². The summed E-state index contributed by atoms with van der Waals surface area (Å²) in [5, 5.41) is 7.90. The summed E-state index contributed by atoms with van der Waals surface area (Å²) in [6.45, 7) is 0.304. The first-order valence-corrected chi connectivity index (χ1v) is 6.33. The average Bonchev–Trinajstić information content (AvgIpc) is 2.95. The number of fused-ring (bicyclic) bond motifs is 1. The lowest BCUT2D eigenvalue weighted by Crippen LogP contribution is -1.96. The predicted octanol–water partition coefficient (Wildman–Crippen LogP) is 2.14. The maximum absolute atomic E-state index is 5.46. The number of nitrogens with zero attached hydrogens (tertiary/aromatic N) is 2. The molecule has 2 heterocycles. The number of hydrogen-bond acceptors (Lipinski definition) is 5. The highest BCUT2D eigenvalue weighted by Gasteiger charge is 2.17. The first-order valence-electron chi connectivity index (χ1n) is 5.51. The summed E-state index contributed by atoms with van der Waals surface area (Å²) in [4.78, 5) is 2.56. The lowest BCUT2D eigenvalue weighted by Gasteiger charge is -2.08. The SMILES string of the molecule is NCc1nnc(-c2cc3c(s2)CCCC3)o1. The monoisotopic (exact) mass is 235 g/mol. The van der Waals surface area contributed by atoms with Gasteiger partial charge in [-0.25, -0.2) is 0 Å². The van der Waals surface area contributed by atoms with Gasteiger partial charge in [-0.2, -0.15) is 0 Å². The zero-order chi connectivity index (χ0) is 11.0. The van der Waals surface area contributed by atoms with Crippen molar-refractivity contribution in [3.05, 3.63) is 22.4 Å². The highest BCUT2D eigenvalue weighted by atomic mass is 32.1. The molecule has 3 rings (SSSR count). The minimum Gasteiger partial charge on any atom is -0.419 e. The summed E-state index contributed by atoms with van der Waals surface area (Å²) in [5.41, 5.74) is 6.90. The fraction of sp³-hybridized carbons (Fsp3) is 0.455. The number of thiophene rings is 1. The third-order valence-corrected chi connectivity index (χ3v) is 4.07. The van der Waals surface area contributed by atoms with Crippen molar-refractivity contribution in [2.75, 3.05) is 0 Å². The van der Waals surface area contributed by atoms with Gasteiger partial charge >= 0.3 is 0 Å². The van der Waals surface area contributed by atoms with E-state index in [1.807, 2.05) is 0 Å². The number of rotatable bonds is 2. The Bertz CT molecular complexity index is 480. The van der Waals surface area contributed by atoms with Crippen LogP contribution in [0, 0.1) is 0 Å². The van der Waals surface area contributed by atoms with Crippen LogP contribution in [-0.4, -0.2) is 10.2 Å². The van der Waals surface area contributed by atoms with Crippen LogP contribution in [0.25, 0.3) is 10.8 Å². The van der Waals surface area contributed by atoms with E-state index in [4.69, 9.17) is 10.2 Å². The smallest absolute Gasteiger partial charge is 0.257 e. The molecule has 2 N–H and O–H groups in total.